The Kier molecular flexibility index (Phi) is 5.50. The Morgan fingerprint density at radius 1 is 1.56 bits per heavy atom. The van der Waals surface area contributed by atoms with E-state index in [0.717, 1.165) is 5.56 Å². The summed E-state index contributed by atoms with van der Waals surface area (Å²) < 4.78 is 0. The molecule has 0 heterocycles. The molecule has 1 aromatic rings. The minimum atomic E-state index is -0.893. The summed E-state index contributed by atoms with van der Waals surface area (Å²) in [6.07, 6.45) is 1.92. The van der Waals surface area contributed by atoms with E-state index >= 15 is 0 Å². The van der Waals surface area contributed by atoms with Gasteiger partial charge >= 0.3 is 0 Å². The van der Waals surface area contributed by atoms with Crippen molar-refractivity contribution in [2.24, 2.45) is 0 Å². The Morgan fingerprint density at radius 3 is 2.78 bits per heavy atom. The van der Waals surface area contributed by atoms with E-state index in [4.69, 9.17) is 11.6 Å². The molecule has 1 rings (SSSR count). The van der Waals surface area contributed by atoms with Gasteiger partial charge in [-0.05, 0) is 43.9 Å². The first-order valence-electron chi connectivity index (χ1n) is 5.61. The molecule has 0 saturated carbocycles. The van der Waals surface area contributed by atoms with Gasteiger partial charge in [0.25, 0.3) is 5.91 Å². The smallest absolute Gasteiger partial charge is 0.251 e. The number of rotatable bonds is 5. The van der Waals surface area contributed by atoms with Crippen molar-refractivity contribution >= 4 is 29.3 Å². The summed E-state index contributed by atoms with van der Waals surface area (Å²) in [6.45, 7) is 3.77. The number of hydrogen-bond acceptors (Lipinski definition) is 3. The van der Waals surface area contributed by atoms with Gasteiger partial charge in [0, 0.05) is 22.9 Å². The molecule has 0 fully saturated rings. The van der Waals surface area contributed by atoms with E-state index in [1.807, 2.05) is 13.2 Å². The summed E-state index contributed by atoms with van der Waals surface area (Å²) in [4.78, 5) is 12.0. The predicted octanol–water partition coefficient (Wildman–Crippen LogP) is 2.49. The van der Waals surface area contributed by atoms with Crippen LogP contribution in [0.3, 0.4) is 0 Å². The van der Waals surface area contributed by atoms with E-state index in [2.05, 4.69) is 5.32 Å². The summed E-state index contributed by atoms with van der Waals surface area (Å²) in [5.74, 6) is 0.387. The summed E-state index contributed by atoms with van der Waals surface area (Å²) in [5.41, 5.74) is 0.513. The molecule has 1 aromatic carbocycles. The fourth-order valence-electron chi connectivity index (χ4n) is 1.61. The second-order valence-electron chi connectivity index (χ2n) is 4.57. The first-order valence-corrected chi connectivity index (χ1v) is 7.38. The van der Waals surface area contributed by atoms with Crippen LogP contribution in [0, 0.1) is 6.92 Å². The number of hydrogen-bond donors (Lipinski definition) is 2. The van der Waals surface area contributed by atoms with Crippen LogP contribution in [-0.4, -0.2) is 35.2 Å². The van der Waals surface area contributed by atoms with Crippen LogP contribution < -0.4 is 5.32 Å². The highest BCUT2D eigenvalue weighted by molar-refractivity contribution is 7.98. The van der Waals surface area contributed by atoms with Crippen molar-refractivity contribution < 1.29 is 9.90 Å². The molecule has 18 heavy (non-hydrogen) atoms. The Morgan fingerprint density at radius 2 is 2.22 bits per heavy atom. The molecule has 1 unspecified atom stereocenters. The number of amides is 1. The molecule has 5 heteroatoms. The fourth-order valence-corrected chi connectivity index (χ4v) is 2.56. The third kappa shape index (κ3) is 4.52. The van der Waals surface area contributed by atoms with E-state index in [1.165, 1.54) is 0 Å². The average Bonchev–Trinajstić information content (AvgIpc) is 2.26. The first-order chi connectivity index (χ1) is 8.35. The lowest BCUT2D eigenvalue weighted by molar-refractivity contribution is 0.0724. The number of carbonyl (C=O) groups is 1. The monoisotopic (exact) mass is 287 g/mol. The Labute approximate surface area is 117 Å². The molecule has 2 N–H and O–H groups in total. The lowest BCUT2D eigenvalue weighted by atomic mass is 10.1. The van der Waals surface area contributed by atoms with Crippen LogP contribution in [-0.2, 0) is 0 Å². The molecule has 0 saturated heterocycles. The van der Waals surface area contributed by atoms with E-state index in [9.17, 15) is 9.90 Å². The van der Waals surface area contributed by atoms with Crippen LogP contribution >= 0.6 is 23.4 Å². The first kappa shape index (κ1) is 15.3. The summed E-state index contributed by atoms with van der Waals surface area (Å²) in [5, 5.41) is 13.3. The predicted molar refractivity (Wildman–Crippen MR) is 77.5 cm³/mol. The number of aliphatic hydroxyl groups is 1. The number of benzene rings is 1. The van der Waals surface area contributed by atoms with E-state index in [0.29, 0.717) is 16.3 Å². The lowest BCUT2D eigenvalue weighted by Crippen LogP contribution is -2.42. The Hall–Kier alpha value is -0.710. The topological polar surface area (TPSA) is 49.3 Å². The summed E-state index contributed by atoms with van der Waals surface area (Å²) in [6, 6.07) is 5.12. The van der Waals surface area contributed by atoms with Crippen molar-refractivity contribution in [3.05, 3.63) is 34.3 Å². The highest BCUT2D eigenvalue weighted by atomic mass is 35.5. The van der Waals surface area contributed by atoms with Gasteiger partial charge in [-0.3, -0.25) is 4.79 Å². The number of halogens is 1. The van der Waals surface area contributed by atoms with Crippen LogP contribution in [0.2, 0.25) is 5.02 Å². The fraction of sp³-hybridized carbons (Fsp3) is 0.462. The van der Waals surface area contributed by atoms with Gasteiger partial charge in [0.2, 0.25) is 0 Å². The van der Waals surface area contributed by atoms with Crippen LogP contribution in [0.5, 0.6) is 0 Å². The van der Waals surface area contributed by atoms with E-state index in [1.54, 1.807) is 36.9 Å². The highest BCUT2D eigenvalue weighted by Gasteiger charge is 2.21. The van der Waals surface area contributed by atoms with Gasteiger partial charge in [-0.15, -0.1) is 0 Å². The molecule has 1 atom stereocenters. The quantitative estimate of drug-likeness (QED) is 0.875. The van der Waals surface area contributed by atoms with Gasteiger partial charge in [-0.1, -0.05) is 11.6 Å². The largest absolute Gasteiger partial charge is 0.387 e. The van der Waals surface area contributed by atoms with Gasteiger partial charge in [0.05, 0.1) is 5.60 Å². The molecule has 1 amide bonds. The average molecular weight is 288 g/mol. The number of thioether (sulfide) groups is 1. The zero-order chi connectivity index (χ0) is 13.8. The van der Waals surface area contributed by atoms with Gasteiger partial charge in [-0.25, -0.2) is 0 Å². The van der Waals surface area contributed by atoms with Crippen molar-refractivity contribution in [1.82, 2.24) is 5.32 Å². The molecule has 0 spiro atoms. The number of aryl methyl sites for hydroxylation is 1. The third-order valence-corrected chi connectivity index (χ3v) is 3.66. The van der Waals surface area contributed by atoms with E-state index < -0.39 is 5.60 Å². The lowest BCUT2D eigenvalue weighted by Gasteiger charge is -2.22. The Bertz CT molecular complexity index is 435. The number of nitrogens with one attached hydrogen (secondary N) is 1. The zero-order valence-corrected chi connectivity index (χ0v) is 12.4. The van der Waals surface area contributed by atoms with Crippen molar-refractivity contribution in [1.29, 1.82) is 0 Å². The molecule has 0 aliphatic rings. The van der Waals surface area contributed by atoms with Gasteiger partial charge in [-0.2, -0.15) is 11.8 Å². The van der Waals surface area contributed by atoms with Crippen molar-refractivity contribution in [2.75, 3.05) is 18.6 Å². The third-order valence-electron chi connectivity index (χ3n) is 2.52. The number of carbonyl (C=O) groups excluding carboxylic acids is 1. The normalized spacial score (nSPS) is 14.1. The summed E-state index contributed by atoms with van der Waals surface area (Å²) >= 11 is 7.38. The maximum absolute atomic E-state index is 12.0. The van der Waals surface area contributed by atoms with Gasteiger partial charge < -0.3 is 10.4 Å². The maximum Gasteiger partial charge on any atom is 0.251 e. The van der Waals surface area contributed by atoms with Crippen LogP contribution in [0.15, 0.2) is 18.2 Å². The second kappa shape index (κ2) is 6.45. The SMILES string of the molecule is CSCC(C)(O)CNC(=O)c1ccc(Cl)cc1C. The highest BCUT2D eigenvalue weighted by Crippen LogP contribution is 2.15. The summed E-state index contributed by atoms with van der Waals surface area (Å²) in [7, 11) is 0. The molecule has 0 aromatic heterocycles. The standard InChI is InChI=1S/C13H18ClNO2S/c1-9-6-10(14)4-5-11(9)12(16)15-7-13(2,17)8-18-3/h4-6,17H,7-8H2,1-3H3,(H,15,16). The second-order valence-corrected chi connectivity index (χ2v) is 5.87. The van der Waals surface area contributed by atoms with Gasteiger partial charge in [0.15, 0.2) is 0 Å². The van der Waals surface area contributed by atoms with Crippen LogP contribution in [0.1, 0.15) is 22.8 Å². The Balaban J connectivity index is 2.66. The molecule has 0 radical (unpaired) electrons. The molecule has 3 nitrogen and oxygen atoms in total. The van der Waals surface area contributed by atoms with E-state index in [-0.39, 0.29) is 12.5 Å². The molecule has 100 valence electrons. The zero-order valence-electron chi connectivity index (χ0n) is 10.8. The molecule has 0 aliphatic carbocycles. The minimum Gasteiger partial charge on any atom is -0.387 e. The maximum atomic E-state index is 12.0. The van der Waals surface area contributed by atoms with Crippen LogP contribution in [0.25, 0.3) is 0 Å². The van der Waals surface area contributed by atoms with Crippen molar-refractivity contribution in [2.45, 2.75) is 19.4 Å². The molecular weight excluding hydrogens is 270 g/mol. The molecule has 0 bridgehead atoms. The minimum absolute atomic E-state index is 0.189. The van der Waals surface area contributed by atoms with Gasteiger partial charge in [0.1, 0.15) is 0 Å². The van der Waals surface area contributed by atoms with Crippen molar-refractivity contribution in [3.63, 3.8) is 0 Å². The molecular formula is C13H18ClNO2S. The van der Waals surface area contributed by atoms with Crippen molar-refractivity contribution in [3.8, 4) is 0 Å². The van der Waals surface area contributed by atoms with Crippen LogP contribution in [0.4, 0.5) is 0 Å². The molecule has 0 aliphatic heterocycles.